The van der Waals surface area contributed by atoms with Crippen LogP contribution in [0.25, 0.3) is 0 Å². The average molecular weight is 333 g/mol. The molecule has 6 heteroatoms. The Morgan fingerprint density at radius 1 is 1.42 bits per heavy atom. The van der Waals surface area contributed by atoms with Crippen LogP contribution in [0.5, 0.6) is 5.75 Å². The summed E-state index contributed by atoms with van der Waals surface area (Å²) in [5.41, 5.74) is 1.03. The SMILES string of the molecule is CCOc1ccccc1CN1CCNC(=O)[C@@H]1CC(=O)NC(C)C. The first-order chi connectivity index (χ1) is 11.5. The lowest BCUT2D eigenvalue weighted by Gasteiger charge is -2.35. The fourth-order valence-electron chi connectivity index (χ4n) is 2.88. The van der Waals surface area contributed by atoms with Crippen LogP contribution in [0.3, 0.4) is 0 Å². The zero-order valence-corrected chi connectivity index (χ0v) is 14.7. The summed E-state index contributed by atoms with van der Waals surface area (Å²) in [6, 6.07) is 7.45. The van der Waals surface area contributed by atoms with E-state index < -0.39 is 6.04 Å². The molecule has 1 aromatic carbocycles. The topological polar surface area (TPSA) is 70.7 Å². The highest BCUT2D eigenvalue weighted by molar-refractivity contribution is 5.88. The third-order valence-corrected chi connectivity index (χ3v) is 3.92. The van der Waals surface area contributed by atoms with Crippen molar-refractivity contribution >= 4 is 11.8 Å². The first-order valence-corrected chi connectivity index (χ1v) is 8.53. The van der Waals surface area contributed by atoms with Crippen LogP contribution in [-0.2, 0) is 16.1 Å². The minimum Gasteiger partial charge on any atom is -0.494 e. The molecule has 24 heavy (non-hydrogen) atoms. The van der Waals surface area contributed by atoms with Gasteiger partial charge in [-0.1, -0.05) is 18.2 Å². The molecule has 2 rings (SSSR count). The van der Waals surface area contributed by atoms with Gasteiger partial charge in [0.25, 0.3) is 0 Å². The van der Waals surface area contributed by atoms with Gasteiger partial charge in [-0.3, -0.25) is 14.5 Å². The smallest absolute Gasteiger partial charge is 0.237 e. The number of hydrogen-bond acceptors (Lipinski definition) is 4. The van der Waals surface area contributed by atoms with Crippen LogP contribution in [0.15, 0.2) is 24.3 Å². The number of carbonyl (C=O) groups excluding carboxylic acids is 2. The summed E-state index contributed by atoms with van der Waals surface area (Å²) in [6.07, 6.45) is 0.167. The van der Waals surface area contributed by atoms with Crippen molar-refractivity contribution < 1.29 is 14.3 Å². The number of nitrogens with zero attached hydrogens (tertiary/aromatic N) is 1. The van der Waals surface area contributed by atoms with Crippen molar-refractivity contribution in [3.8, 4) is 5.75 Å². The molecule has 1 heterocycles. The van der Waals surface area contributed by atoms with E-state index in [0.29, 0.717) is 26.2 Å². The highest BCUT2D eigenvalue weighted by Crippen LogP contribution is 2.22. The number of rotatable bonds is 7. The Bertz CT molecular complexity index is 574. The van der Waals surface area contributed by atoms with E-state index >= 15 is 0 Å². The molecule has 132 valence electrons. The van der Waals surface area contributed by atoms with E-state index in [1.807, 2.05) is 45.0 Å². The fraction of sp³-hybridized carbons (Fsp3) is 0.556. The second-order valence-electron chi connectivity index (χ2n) is 6.24. The van der Waals surface area contributed by atoms with Crippen LogP contribution in [-0.4, -0.2) is 48.5 Å². The summed E-state index contributed by atoms with van der Waals surface area (Å²) in [4.78, 5) is 26.4. The molecule has 2 N–H and O–H groups in total. The molecule has 0 aromatic heterocycles. The first kappa shape index (κ1) is 18.3. The molecule has 6 nitrogen and oxygen atoms in total. The molecule has 1 atom stereocenters. The van der Waals surface area contributed by atoms with Crippen molar-refractivity contribution in [1.29, 1.82) is 0 Å². The standard InChI is InChI=1S/C18H27N3O3/c1-4-24-16-8-6-5-7-14(16)12-21-10-9-19-18(23)15(21)11-17(22)20-13(2)3/h5-8,13,15H,4,9-12H2,1-3H3,(H,19,23)(H,20,22)/t15-/m0/s1. The van der Waals surface area contributed by atoms with Gasteiger partial charge >= 0.3 is 0 Å². The van der Waals surface area contributed by atoms with E-state index in [9.17, 15) is 9.59 Å². The van der Waals surface area contributed by atoms with Gasteiger partial charge in [0.05, 0.1) is 19.1 Å². The van der Waals surface area contributed by atoms with Gasteiger partial charge in [-0.05, 0) is 26.8 Å². The molecule has 0 radical (unpaired) electrons. The Kier molecular flexibility index (Phi) is 6.61. The molecule has 0 bridgehead atoms. The van der Waals surface area contributed by atoms with Crippen molar-refractivity contribution in [2.45, 2.75) is 45.8 Å². The number of amides is 2. The Morgan fingerprint density at radius 3 is 2.88 bits per heavy atom. The maximum Gasteiger partial charge on any atom is 0.237 e. The van der Waals surface area contributed by atoms with Gasteiger partial charge in [0.1, 0.15) is 5.75 Å². The normalized spacial score (nSPS) is 18.3. The molecule has 1 aromatic rings. The number of ether oxygens (including phenoxy) is 1. The van der Waals surface area contributed by atoms with E-state index in [-0.39, 0.29) is 24.3 Å². The van der Waals surface area contributed by atoms with Gasteiger partial charge in [0.2, 0.25) is 11.8 Å². The number of benzene rings is 1. The van der Waals surface area contributed by atoms with E-state index in [4.69, 9.17) is 4.74 Å². The number of nitrogens with one attached hydrogen (secondary N) is 2. The van der Waals surface area contributed by atoms with Crippen molar-refractivity contribution in [2.24, 2.45) is 0 Å². The second kappa shape index (κ2) is 8.68. The Labute approximate surface area is 143 Å². The minimum atomic E-state index is -0.452. The van der Waals surface area contributed by atoms with Crippen molar-refractivity contribution in [2.75, 3.05) is 19.7 Å². The highest BCUT2D eigenvalue weighted by atomic mass is 16.5. The third kappa shape index (κ3) is 4.96. The predicted octanol–water partition coefficient (Wildman–Crippen LogP) is 1.30. The third-order valence-electron chi connectivity index (χ3n) is 3.92. The van der Waals surface area contributed by atoms with Gasteiger partial charge in [-0.25, -0.2) is 0 Å². The highest BCUT2D eigenvalue weighted by Gasteiger charge is 2.32. The summed E-state index contributed by atoms with van der Waals surface area (Å²) < 4.78 is 5.67. The van der Waals surface area contributed by atoms with E-state index in [1.165, 1.54) is 0 Å². The van der Waals surface area contributed by atoms with E-state index in [1.54, 1.807) is 0 Å². The Hall–Kier alpha value is -2.08. The molecular formula is C18H27N3O3. The molecule has 0 unspecified atom stereocenters. The molecule has 0 aliphatic carbocycles. The number of para-hydroxylation sites is 1. The Balaban J connectivity index is 2.11. The molecule has 0 saturated carbocycles. The average Bonchev–Trinajstić information content (AvgIpc) is 2.52. The van der Waals surface area contributed by atoms with Gasteiger partial charge in [-0.15, -0.1) is 0 Å². The molecular weight excluding hydrogens is 306 g/mol. The monoisotopic (exact) mass is 333 g/mol. The summed E-state index contributed by atoms with van der Waals surface area (Å²) in [7, 11) is 0. The number of carbonyl (C=O) groups is 2. The van der Waals surface area contributed by atoms with Gasteiger partial charge in [0, 0.05) is 31.2 Å². The van der Waals surface area contributed by atoms with Crippen molar-refractivity contribution in [3.05, 3.63) is 29.8 Å². The zero-order valence-electron chi connectivity index (χ0n) is 14.7. The van der Waals surface area contributed by atoms with Crippen LogP contribution in [0.1, 0.15) is 32.8 Å². The quantitative estimate of drug-likeness (QED) is 0.789. The molecule has 1 saturated heterocycles. The van der Waals surface area contributed by atoms with Crippen LogP contribution in [0.2, 0.25) is 0 Å². The van der Waals surface area contributed by atoms with Crippen molar-refractivity contribution in [1.82, 2.24) is 15.5 Å². The zero-order chi connectivity index (χ0) is 17.5. The maximum atomic E-state index is 12.3. The summed E-state index contributed by atoms with van der Waals surface area (Å²) >= 11 is 0. The van der Waals surface area contributed by atoms with E-state index in [2.05, 4.69) is 15.5 Å². The summed E-state index contributed by atoms with van der Waals surface area (Å²) in [5.74, 6) is 0.639. The lowest BCUT2D eigenvalue weighted by atomic mass is 10.1. The number of piperazine rings is 1. The molecule has 2 amide bonds. The summed E-state index contributed by atoms with van der Waals surface area (Å²) in [6.45, 7) is 8.26. The fourth-order valence-corrected chi connectivity index (χ4v) is 2.88. The second-order valence-corrected chi connectivity index (χ2v) is 6.24. The Morgan fingerprint density at radius 2 is 2.17 bits per heavy atom. The minimum absolute atomic E-state index is 0.0660. The van der Waals surface area contributed by atoms with Crippen LogP contribution in [0, 0.1) is 0 Å². The van der Waals surface area contributed by atoms with Crippen LogP contribution >= 0.6 is 0 Å². The molecule has 0 spiro atoms. The van der Waals surface area contributed by atoms with Gasteiger partial charge < -0.3 is 15.4 Å². The molecule has 1 fully saturated rings. The number of hydrogen-bond donors (Lipinski definition) is 2. The maximum absolute atomic E-state index is 12.3. The largest absolute Gasteiger partial charge is 0.494 e. The molecule has 1 aliphatic rings. The van der Waals surface area contributed by atoms with E-state index in [0.717, 1.165) is 11.3 Å². The van der Waals surface area contributed by atoms with Gasteiger partial charge in [0.15, 0.2) is 0 Å². The van der Waals surface area contributed by atoms with Crippen LogP contribution in [0.4, 0.5) is 0 Å². The van der Waals surface area contributed by atoms with Crippen molar-refractivity contribution in [3.63, 3.8) is 0 Å². The summed E-state index contributed by atoms with van der Waals surface area (Å²) in [5, 5.41) is 5.71. The predicted molar refractivity (Wildman–Crippen MR) is 92.7 cm³/mol. The molecule has 1 aliphatic heterocycles. The lowest BCUT2D eigenvalue weighted by molar-refractivity contribution is -0.134. The lowest BCUT2D eigenvalue weighted by Crippen LogP contribution is -2.56. The first-order valence-electron chi connectivity index (χ1n) is 8.53. The van der Waals surface area contributed by atoms with Crippen LogP contribution < -0.4 is 15.4 Å². The van der Waals surface area contributed by atoms with Gasteiger partial charge in [-0.2, -0.15) is 0 Å².